The van der Waals surface area contributed by atoms with Crippen molar-refractivity contribution in [2.75, 3.05) is 19.7 Å². The van der Waals surface area contributed by atoms with E-state index in [1.807, 2.05) is 5.38 Å². The number of carbonyl (C=O) groups is 1. The molecule has 7 heteroatoms. The van der Waals surface area contributed by atoms with Crippen LogP contribution < -0.4 is 0 Å². The first-order valence-corrected chi connectivity index (χ1v) is 7.91. The number of furan rings is 1. The lowest BCUT2D eigenvalue weighted by atomic mass is 10.2. The molecule has 2 aromatic heterocycles. The van der Waals surface area contributed by atoms with E-state index in [0.29, 0.717) is 13.2 Å². The molecule has 1 saturated heterocycles. The first kappa shape index (κ1) is 14.2. The molecule has 6 nitrogen and oxygen atoms in total. The number of hydrogen-bond acceptors (Lipinski definition) is 7. The zero-order chi connectivity index (χ0) is 14.7. The summed E-state index contributed by atoms with van der Waals surface area (Å²) >= 11 is 1.28. The number of hydrogen-bond donors (Lipinski definition) is 0. The summed E-state index contributed by atoms with van der Waals surface area (Å²) in [6, 6.07) is 1.71. The zero-order valence-electron chi connectivity index (χ0n) is 11.9. The Bertz CT molecular complexity index is 603. The summed E-state index contributed by atoms with van der Waals surface area (Å²) in [5, 5.41) is 5.93. The molecule has 2 aromatic rings. The van der Waals surface area contributed by atoms with Gasteiger partial charge in [-0.05, 0) is 44.4 Å². The Morgan fingerprint density at radius 1 is 1.48 bits per heavy atom. The summed E-state index contributed by atoms with van der Waals surface area (Å²) < 4.78 is 14.6. The molecule has 0 amide bonds. The molecule has 1 fully saturated rings. The van der Waals surface area contributed by atoms with Crippen LogP contribution in [0.2, 0.25) is 0 Å². The Morgan fingerprint density at radius 2 is 2.29 bits per heavy atom. The second kappa shape index (κ2) is 6.36. The molecule has 3 rings (SSSR count). The van der Waals surface area contributed by atoms with Crippen LogP contribution in [0, 0.1) is 0 Å². The minimum atomic E-state index is -0.436. The van der Waals surface area contributed by atoms with Crippen molar-refractivity contribution in [3.8, 4) is 11.3 Å². The van der Waals surface area contributed by atoms with Gasteiger partial charge in [-0.2, -0.15) is 0 Å². The van der Waals surface area contributed by atoms with E-state index in [4.69, 9.17) is 9.15 Å². The van der Waals surface area contributed by atoms with Crippen molar-refractivity contribution in [3.63, 3.8) is 0 Å². The van der Waals surface area contributed by atoms with Gasteiger partial charge in [-0.3, -0.25) is 4.90 Å². The summed E-state index contributed by atoms with van der Waals surface area (Å²) in [5.74, 6) is 0.552. The van der Waals surface area contributed by atoms with Gasteiger partial charge in [0.1, 0.15) is 11.5 Å². The Kier molecular flexibility index (Phi) is 4.31. The molecule has 21 heavy (non-hydrogen) atoms. The Balaban J connectivity index is 1.89. The van der Waals surface area contributed by atoms with E-state index in [0.717, 1.165) is 30.1 Å². The number of ether oxygens (including phenoxy) is 1. The predicted octanol–water partition coefficient (Wildman–Crippen LogP) is 2.57. The van der Waals surface area contributed by atoms with Crippen molar-refractivity contribution in [2.24, 2.45) is 0 Å². The number of rotatable bonds is 5. The van der Waals surface area contributed by atoms with Gasteiger partial charge < -0.3 is 9.15 Å². The smallest absolute Gasteiger partial charge is 0.374 e. The van der Waals surface area contributed by atoms with Gasteiger partial charge in [0.05, 0.1) is 13.2 Å². The fourth-order valence-corrected chi connectivity index (χ4v) is 2.95. The third-order valence-corrected chi connectivity index (χ3v) is 3.99. The standard InChI is InChI=1S/C14H17N3O3S/c1-2-19-14(18)12-7-10(11-9-21-16-15-11)13(20-12)8-17-5-3-4-6-17/h7,9H,2-6,8H2,1H3. The highest BCUT2D eigenvalue weighted by Crippen LogP contribution is 2.29. The third-order valence-electron chi connectivity index (χ3n) is 3.49. The largest absolute Gasteiger partial charge is 0.460 e. The van der Waals surface area contributed by atoms with Crippen LogP contribution in [-0.4, -0.2) is 40.2 Å². The van der Waals surface area contributed by atoms with Crippen LogP contribution in [0.5, 0.6) is 0 Å². The maximum absolute atomic E-state index is 11.9. The second-order valence-electron chi connectivity index (χ2n) is 4.94. The summed E-state index contributed by atoms with van der Waals surface area (Å²) in [4.78, 5) is 14.2. The molecule has 1 aliphatic rings. The predicted molar refractivity (Wildman–Crippen MR) is 78.1 cm³/mol. The highest BCUT2D eigenvalue weighted by atomic mass is 32.1. The van der Waals surface area contributed by atoms with Crippen molar-refractivity contribution in [1.82, 2.24) is 14.5 Å². The molecule has 0 unspecified atom stereocenters. The van der Waals surface area contributed by atoms with E-state index in [1.165, 1.54) is 24.4 Å². The van der Waals surface area contributed by atoms with Gasteiger partial charge in [0, 0.05) is 17.0 Å². The van der Waals surface area contributed by atoms with Crippen molar-refractivity contribution < 1.29 is 13.9 Å². The molecule has 0 spiro atoms. The highest BCUT2D eigenvalue weighted by Gasteiger charge is 2.23. The van der Waals surface area contributed by atoms with Crippen LogP contribution in [0.15, 0.2) is 15.9 Å². The molecule has 112 valence electrons. The SMILES string of the molecule is CCOC(=O)c1cc(-c2csnn2)c(CN2CCCC2)o1. The molecule has 0 saturated carbocycles. The van der Waals surface area contributed by atoms with Crippen molar-refractivity contribution in [1.29, 1.82) is 0 Å². The van der Waals surface area contributed by atoms with Crippen molar-refractivity contribution >= 4 is 17.5 Å². The van der Waals surface area contributed by atoms with Crippen LogP contribution in [0.25, 0.3) is 11.3 Å². The molecule has 0 aliphatic carbocycles. The zero-order valence-corrected chi connectivity index (χ0v) is 12.7. The minimum Gasteiger partial charge on any atom is -0.460 e. The first-order chi connectivity index (χ1) is 10.3. The van der Waals surface area contributed by atoms with Gasteiger partial charge in [0.15, 0.2) is 0 Å². The number of carbonyl (C=O) groups excluding carboxylic acids is 1. The fourth-order valence-electron chi connectivity index (χ4n) is 2.49. The maximum atomic E-state index is 11.9. The molecular weight excluding hydrogens is 290 g/mol. The Labute approximate surface area is 126 Å². The van der Waals surface area contributed by atoms with Crippen molar-refractivity contribution in [3.05, 3.63) is 23.0 Å². The van der Waals surface area contributed by atoms with Gasteiger partial charge in [0.25, 0.3) is 0 Å². The average molecular weight is 307 g/mol. The molecule has 3 heterocycles. The number of nitrogens with zero attached hydrogens (tertiary/aromatic N) is 3. The van der Waals surface area contributed by atoms with Gasteiger partial charge in [-0.25, -0.2) is 4.79 Å². The van der Waals surface area contributed by atoms with Crippen LogP contribution in [0.3, 0.4) is 0 Å². The van der Waals surface area contributed by atoms with Crippen LogP contribution in [0.4, 0.5) is 0 Å². The number of likely N-dealkylation sites (tertiary alicyclic amines) is 1. The quantitative estimate of drug-likeness (QED) is 0.791. The lowest BCUT2D eigenvalue weighted by molar-refractivity contribution is 0.0486. The molecule has 0 bridgehead atoms. The van der Waals surface area contributed by atoms with E-state index in [9.17, 15) is 4.79 Å². The van der Waals surface area contributed by atoms with Gasteiger partial charge in [0.2, 0.25) is 5.76 Å². The number of esters is 1. The van der Waals surface area contributed by atoms with Gasteiger partial charge >= 0.3 is 5.97 Å². The molecule has 1 aliphatic heterocycles. The van der Waals surface area contributed by atoms with Gasteiger partial charge in [-0.15, -0.1) is 5.10 Å². The van der Waals surface area contributed by atoms with Crippen LogP contribution >= 0.6 is 11.5 Å². The second-order valence-corrected chi connectivity index (χ2v) is 5.55. The van der Waals surface area contributed by atoms with E-state index in [1.54, 1.807) is 13.0 Å². The number of aromatic nitrogens is 2. The van der Waals surface area contributed by atoms with Crippen LogP contribution in [-0.2, 0) is 11.3 Å². The van der Waals surface area contributed by atoms with E-state index in [2.05, 4.69) is 14.5 Å². The molecular formula is C14H17N3O3S. The summed E-state index contributed by atoms with van der Waals surface area (Å²) in [7, 11) is 0. The minimum absolute atomic E-state index is 0.231. The van der Waals surface area contributed by atoms with E-state index in [-0.39, 0.29) is 5.76 Å². The average Bonchev–Trinajstić information content (AvgIpc) is 3.20. The molecule has 0 radical (unpaired) electrons. The summed E-state index contributed by atoms with van der Waals surface area (Å²) in [6.45, 7) is 4.91. The topological polar surface area (TPSA) is 68.5 Å². The molecule has 0 aromatic carbocycles. The summed E-state index contributed by atoms with van der Waals surface area (Å²) in [6.07, 6.45) is 2.41. The summed E-state index contributed by atoms with van der Waals surface area (Å²) in [5.41, 5.74) is 1.58. The van der Waals surface area contributed by atoms with Gasteiger partial charge in [-0.1, -0.05) is 4.49 Å². The van der Waals surface area contributed by atoms with Crippen molar-refractivity contribution in [2.45, 2.75) is 26.3 Å². The Hall–Kier alpha value is -1.73. The lowest BCUT2D eigenvalue weighted by Gasteiger charge is -2.13. The monoisotopic (exact) mass is 307 g/mol. The Morgan fingerprint density at radius 3 is 2.95 bits per heavy atom. The first-order valence-electron chi connectivity index (χ1n) is 7.07. The lowest BCUT2D eigenvalue weighted by Crippen LogP contribution is -2.18. The molecule has 0 atom stereocenters. The van der Waals surface area contributed by atoms with E-state index >= 15 is 0 Å². The third kappa shape index (κ3) is 3.14. The normalized spacial score (nSPS) is 15.5. The van der Waals surface area contributed by atoms with Crippen LogP contribution in [0.1, 0.15) is 36.1 Å². The molecule has 0 N–H and O–H groups in total. The highest BCUT2D eigenvalue weighted by molar-refractivity contribution is 7.03. The van der Waals surface area contributed by atoms with E-state index < -0.39 is 5.97 Å². The fraction of sp³-hybridized carbons (Fsp3) is 0.500. The maximum Gasteiger partial charge on any atom is 0.374 e.